The largest absolute Gasteiger partial charge is 0.469 e. The van der Waals surface area contributed by atoms with Crippen molar-refractivity contribution in [3.63, 3.8) is 0 Å². The van der Waals surface area contributed by atoms with Gasteiger partial charge in [0.2, 0.25) is 0 Å². The summed E-state index contributed by atoms with van der Waals surface area (Å²) in [4.78, 5) is 30.9. The van der Waals surface area contributed by atoms with Crippen LogP contribution in [0, 0.1) is 5.92 Å². The van der Waals surface area contributed by atoms with Gasteiger partial charge in [-0.3, -0.25) is 14.0 Å². The van der Waals surface area contributed by atoms with Crippen molar-refractivity contribution in [1.82, 2.24) is 14.3 Å². The van der Waals surface area contributed by atoms with E-state index < -0.39 is 0 Å². The summed E-state index contributed by atoms with van der Waals surface area (Å²) in [5, 5.41) is 0.591. The lowest BCUT2D eigenvalue weighted by molar-refractivity contribution is -0.146. The van der Waals surface area contributed by atoms with Crippen molar-refractivity contribution < 1.29 is 14.3 Å². The molecule has 1 fully saturated rings. The van der Waals surface area contributed by atoms with Gasteiger partial charge >= 0.3 is 5.97 Å². The number of aryl methyl sites for hydroxylation is 1. The summed E-state index contributed by atoms with van der Waals surface area (Å²) in [6.45, 7) is 3.06. The number of amides is 1. The first kappa shape index (κ1) is 16.8. The highest BCUT2D eigenvalue weighted by atomic mass is 35.5. The van der Waals surface area contributed by atoms with Gasteiger partial charge in [-0.2, -0.15) is 0 Å². The van der Waals surface area contributed by atoms with Gasteiger partial charge < -0.3 is 9.64 Å². The third kappa shape index (κ3) is 2.98. The van der Waals surface area contributed by atoms with Crippen LogP contribution in [0.1, 0.15) is 35.9 Å². The Hall–Kier alpha value is -2.08. The molecule has 1 aliphatic rings. The molecule has 0 atom stereocenters. The van der Waals surface area contributed by atoms with Gasteiger partial charge in [-0.1, -0.05) is 18.5 Å². The van der Waals surface area contributed by atoms with Crippen LogP contribution < -0.4 is 0 Å². The fraction of sp³-hybridized carbons (Fsp3) is 0.471. The fourth-order valence-corrected chi connectivity index (χ4v) is 3.33. The molecule has 0 unspecified atom stereocenters. The van der Waals surface area contributed by atoms with E-state index in [1.54, 1.807) is 27.6 Å². The topological polar surface area (TPSA) is 63.9 Å². The molecule has 0 bridgehead atoms. The smallest absolute Gasteiger partial charge is 0.308 e. The Balaban J connectivity index is 1.85. The van der Waals surface area contributed by atoms with Crippen LogP contribution in [0.4, 0.5) is 0 Å². The summed E-state index contributed by atoms with van der Waals surface area (Å²) in [6, 6.07) is 3.50. The van der Waals surface area contributed by atoms with Crippen LogP contribution in [0.3, 0.4) is 0 Å². The number of aromatic nitrogens is 2. The molecule has 0 radical (unpaired) electrons. The third-order valence-electron chi connectivity index (χ3n) is 4.51. The molecular formula is C17H20ClN3O3. The van der Waals surface area contributed by atoms with Gasteiger partial charge in [0.1, 0.15) is 11.3 Å². The summed E-state index contributed by atoms with van der Waals surface area (Å²) >= 11 is 6.02. The monoisotopic (exact) mass is 349 g/mol. The fourth-order valence-electron chi connectivity index (χ4n) is 3.18. The zero-order chi connectivity index (χ0) is 17.3. The van der Waals surface area contributed by atoms with E-state index in [9.17, 15) is 9.59 Å². The van der Waals surface area contributed by atoms with E-state index >= 15 is 0 Å². The minimum absolute atomic E-state index is 0.0509. The molecule has 128 valence electrons. The molecule has 1 aliphatic heterocycles. The Labute approximate surface area is 145 Å². The summed E-state index contributed by atoms with van der Waals surface area (Å²) in [5.74, 6) is -0.364. The van der Waals surface area contributed by atoms with Gasteiger partial charge in [0.25, 0.3) is 5.91 Å². The summed E-state index contributed by atoms with van der Waals surface area (Å²) < 4.78 is 6.59. The number of hydrogen-bond acceptors (Lipinski definition) is 4. The minimum Gasteiger partial charge on any atom is -0.469 e. The number of halogens is 1. The van der Waals surface area contributed by atoms with E-state index in [0.29, 0.717) is 48.7 Å². The molecule has 0 aromatic carbocycles. The van der Waals surface area contributed by atoms with Crippen molar-refractivity contribution >= 4 is 29.1 Å². The maximum absolute atomic E-state index is 13.0. The highest BCUT2D eigenvalue weighted by molar-refractivity contribution is 6.30. The third-order valence-corrected chi connectivity index (χ3v) is 4.75. The van der Waals surface area contributed by atoms with E-state index in [2.05, 4.69) is 4.98 Å². The van der Waals surface area contributed by atoms with Gasteiger partial charge in [0.05, 0.1) is 18.7 Å². The van der Waals surface area contributed by atoms with Gasteiger partial charge in [-0.25, -0.2) is 4.98 Å². The van der Waals surface area contributed by atoms with E-state index in [1.165, 1.54) is 7.11 Å². The number of ether oxygens (including phenoxy) is 1. The second-order valence-corrected chi connectivity index (χ2v) is 6.36. The lowest BCUT2D eigenvalue weighted by Crippen LogP contribution is -2.41. The Bertz CT molecular complexity index is 779. The van der Waals surface area contributed by atoms with Crippen LogP contribution >= 0.6 is 11.6 Å². The zero-order valence-corrected chi connectivity index (χ0v) is 14.5. The Morgan fingerprint density at radius 3 is 2.71 bits per heavy atom. The Kier molecular flexibility index (Phi) is 4.76. The molecule has 24 heavy (non-hydrogen) atoms. The van der Waals surface area contributed by atoms with Crippen LogP contribution in [0.15, 0.2) is 18.3 Å². The molecule has 2 aromatic heterocycles. The summed E-state index contributed by atoms with van der Waals surface area (Å²) in [7, 11) is 1.40. The van der Waals surface area contributed by atoms with Gasteiger partial charge in [0, 0.05) is 30.4 Å². The number of esters is 1. The number of methoxy groups -OCH3 is 1. The lowest BCUT2D eigenvalue weighted by Gasteiger charge is -2.30. The van der Waals surface area contributed by atoms with E-state index in [0.717, 1.165) is 5.69 Å². The number of pyridine rings is 1. The van der Waals surface area contributed by atoms with Crippen molar-refractivity contribution in [2.24, 2.45) is 5.92 Å². The molecule has 6 nitrogen and oxygen atoms in total. The summed E-state index contributed by atoms with van der Waals surface area (Å²) in [5.41, 5.74) is 2.02. The number of imidazole rings is 1. The average molecular weight is 350 g/mol. The van der Waals surface area contributed by atoms with Crippen molar-refractivity contribution in [2.45, 2.75) is 26.2 Å². The number of rotatable bonds is 3. The van der Waals surface area contributed by atoms with Crippen LogP contribution in [0.25, 0.3) is 5.65 Å². The highest BCUT2D eigenvalue weighted by Gasteiger charge is 2.30. The van der Waals surface area contributed by atoms with Gasteiger partial charge in [-0.15, -0.1) is 0 Å². The Morgan fingerprint density at radius 2 is 2.08 bits per heavy atom. The minimum atomic E-state index is -0.194. The molecule has 3 rings (SSSR count). The number of carbonyl (C=O) groups is 2. The van der Waals surface area contributed by atoms with E-state index in [-0.39, 0.29) is 17.8 Å². The molecular weight excluding hydrogens is 330 g/mol. The van der Waals surface area contributed by atoms with Crippen molar-refractivity contribution in [3.8, 4) is 0 Å². The number of fused-ring (bicyclic) bond motifs is 1. The molecule has 0 spiro atoms. The number of likely N-dealkylation sites (tertiary alicyclic amines) is 1. The van der Waals surface area contributed by atoms with Crippen molar-refractivity contribution in [1.29, 1.82) is 0 Å². The van der Waals surface area contributed by atoms with E-state index in [4.69, 9.17) is 16.3 Å². The quantitative estimate of drug-likeness (QED) is 0.799. The van der Waals surface area contributed by atoms with Gasteiger partial charge in [0.15, 0.2) is 0 Å². The molecule has 7 heteroatoms. The number of hydrogen-bond donors (Lipinski definition) is 0. The van der Waals surface area contributed by atoms with Gasteiger partial charge in [-0.05, 0) is 25.3 Å². The first-order chi connectivity index (χ1) is 11.5. The second-order valence-electron chi connectivity index (χ2n) is 5.92. The van der Waals surface area contributed by atoms with Crippen molar-refractivity contribution in [3.05, 3.63) is 34.7 Å². The standard InChI is InChI=1S/C17H20ClN3O3/c1-3-13-15(21-9-6-12(18)10-14(21)19-13)16(22)20-7-4-11(5-8-20)17(23)24-2/h6,9-11H,3-5,7-8H2,1-2H3. The van der Waals surface area contributed by atoms with Crippen molar-refractivity contribution in [2.75, 3.05) is 20.2 Å². The molecule has 2 aromatic rings. The predicted octanol–water partition coefficient (Wildman–Crippen LogP) is 2.58. The maximum Gasteiger partial charge on any atom is 0.308 e. The first-order valence-corrected chi connectivity index (χ1v) is 8.46. The van der Waals surface area contributed by atoms with Crippen LogP contribution in [0.2, 0.25) is 5.02 Å². The molecule has 0 aliphatic carbocycles. The summed E-state index contributed by atoms with van der Waals surface area (Å²) in [6.07, 6.45) is 3.70. The van der Waals surface area contributed by atoms with Crippen LogP contribution in [-0.4, -0.2) is 46.4 Å². The SMILES string of the molecule is CCc1nc2cc(Cl)ccn2c1C(=O)N1CCC(C(=O)OC)CC1. The number of piperidine rings is 1. The van der Waals surface area contributed by atoms with Crippen LogP contribution in [-0.2, 0) is 16.0 Å². The Morgan fingerprint density at radius 1 is 1.38 bits per heavy atom. The molecule has 1 saturated heterocycles. The molecule has 0 N–H and O–H groups in total. The lowest BCUT2D eigenvalue weighted by atomic mass is 9.97. The second kappa shape index (κ2) is 6.81. The normalized spacial score (nSPS) is 15.7. The molecule has 0 saturated carbocycles. The molecule has 1 amide bonds. The van der Waals surface area contributed by atoms with E-state index in [1.807, 2.05) is 6.92 Å². The number of nitrogens with zero attached hydrogens (tertiary/aromatic N) is 3. The number of carbonyl (C=O) groups excluding carboxylic acids is 2. The average Bonchev–Trinajstić information content (AvgIpc) is 2.98. The highest BCUT2D eigenvalue weighted by Crippen LogP contribution is 2.23. The predicted molar refractivity (Wildman–Crippen MR) is 90.2 cm³/mol. The van der Waals surface area contributed by atoms with Crippen LogP contribution in [0.5, 0.6) is 0 Å². The zero-order valence-electron chi connectivity index (χ0n) is 13.8. The molecule has 3 heterocycles. The maximum atomic E-state index is 13.0. The first-order valence-electron chi connectivity index (χ1n) is 8.08.